The summed E-state index contributed by atoms with van der Waals surface area (Å²) in [5.41, 5.74) is 0. The Kier molecular flexibility index (Phi) is 2.35. The number of likely N-dealkylation sites (tertiary alicyclic amines) is 1. The molecule has 3 N–H and O–H groups in total. The highest BCUT2D eigenvalue weighted by atomic mass is 15.3. The van der Waals surface area contributed by atoms with Crippen molar-refractivity contribution in [1.82, 2.24) is 0 Å². The molecule has 2 aliphatic rings. The van der Waals surface area contributed by atoms with Crippen molar-refractivity contribution in [3.63, 3.8) is 0 Å². The number of hydrogen-bond acceptors (Lipinski definition) is 0. The van der Waals surface area contributed by atoms with E-state index in [4.69, 9.17) is 0 Å². The van der Waals surface area contributed by atoms with Crippen LogP contribution in [0, 0.1) is 0 Å². The van der Waals surface area contributed by atoms with Gasteiger partial charge < -0.3 is 14.7 Å². The van der Waals surface area contributed by atoms with Crippen LogP contribution in [0.1, 0.15) is 0 Å². The van der Waals surface area contributed by atoms with Gasteiger partial charge in [-0.15, -0.1) is 0 Å². The Labute approximate surface area is 74.9 Å². The fourth-order valence-corrected chi connectivity index (χ4v) is 2.48. The van der Waals surface area contributed by atoms with E-state index in [1.165, 1.54) is 39.3 Å². The van der Waals surface area contributed by atoms with Gasteiger partial charge in [0.2, 0.25) is 0 Å². The van der Waals surface area contributed by atoms with E-state index in [1.807, 2.05) is 4.90 Å². The van der Waals surface area contributed by atoms with Crippen molar-refractivity contribution in [2.24, 2.45) is 0 Å². The molecule has 0 spiro atoms. The summed E-state index contributed by atoms with van der Waals surface area (Å²) < 4.78 is 0. The summed E-state index contributed by atoms with van der Waals surface area (Å²) in [7, 11) is 4.62. The summed E-state index contributed by atoms with van der Waals surface area (Å²) >= 11 is 0. The lowest BCUT2D eigenvalue weighted by Gasteiger charge is -2.39. The summed E-state index contributed by atoms with van der Waals surface area (Å²) in [5, 5.41) is 0. The standard InChI is InChI=1S/C9H19N3/c1-10-3-5-12(6-4-10)9-7-11(2)8-9/h9H,3-8H2,1-2H3/p+3. The van der Waals surface area contributed by atoms with Crippen LogP contribution in [0.4, 0.5) is 0 Å². The number of piperazine rings is 1. The Morgan fingerprint density at radius 3 is 1.92 bits per heavy atom. The molecule has 0 atom stereocenters. The molecule has 0 aromatic carbocycles. The third-order valence-electron chi connectivity index (χ3n) is 3.51. The first-order valence-corrected chi connectivity index (χ1v) is 5.23. The molecule has 70 valence electrons. The Balaban J connectivity index is 1.75. The van der Waals surface area contributed by atoms with Crippen LogP contribution in [-0.2, 0) is 0 Å². The first-order chi connectivity index (χ1) is 5.75. The molecule has 2 heterocycles. The van der Waals surface area contributed by atoms with Crippen LogP contribution in [0.2, 0.25) is 0 Å². The number of hydrogen-bond donors (Lipinski definition) is 3. The average molecular weight is 172 g/mol. The second-order valence-corrected chi connectivity index (χ2v) is 4.68. The lowest BCUT2D eigenvalue weighted by Crippen LogP contribution is -3.37. The second-order valence-electron chi connectivity index (χ2n) is 4.68. The van der Waals surface area contributed by atoms with Crippen LogP contribution < -0.4 is 14.7 Å². The molecule has 12 heavy (non-hydrogen) atoms. The smallest absolute Gasteiger partial charge is 0.186 e. The maximum absolute atomic E-state index is 2.31. The van der Waals surface area contributed by atoms with Gasteiger partial charge in [0.25, 0.3) is 0 Å². The van der Waals surface area contributed by atoms with Crippen LogP contribution in [0.3, 0.4) is 0 Å². The zero-order valence-corrected chi connectivity index (χ0v) is 8.32. The number of likely N-dealkylation sites (N-methyl/N-ethyl adjacent to an activating group) is 2. The van der Waals surface area contributed by atoms with Gasteiger partial charge in [-0.25, -0.2) is 0 Å². The van der Waals surface area contributed by atoms with Gasteiger partial charge in [-0.05, 0) is 0 Å². The van der Waals surface area contributed by atoms with Crippen molar-refractivity contribution < 1.29 is 14.7 Å². The van der Waals surface area contributed by atoms with Gasteiger partial charge in [-0.3, -0.25) is 0 Å². The molecule has 3 heteroatoms. The van der Waals surface area contributed by atoms with Gasteiger partial charge in [0, 0.05) is 0 Å². The van der Waals surface area contributed by atoms with E-state index in [0.717, 1.165) is 6.04 Å². The molecule has 0 aromatic heterocycles. The first kappa shape index (κ1) is 8.48. The van der Waals surface area contributed by atoms with Crippen molar-refractivity contribution in [3.05, 3.63) is 0 Å². The third-order valence-corrected chi connectivity index (χ3v) is 3.51. The summed E-state index contributed by atoms with van der Waals surface area (Å²) in [6.07, 6.45) is 0. The monoisotopic (exact) mass is 172 g/mol. The Hall–Kier alpha value is -0.120. The molecule has 2 saturated heterocycles. The van der Waals surface area contributed by atoms with E-state index < -0.39 is 0 Å². The zero-order valence-electron chi connectivity index (χ0n) is 8.32. The topological polar surface area (TPSA) is 13.3 Å². The molecular formula is C9H22N3+3. The maximum atomic E-state index is 2.31. The number of quaternary nitrogens is 3. The van der Waals surface area contributed by atoms with Gasteiger partial charge in [0.1, 0.15) is 39.3 Å². The van der Waals surface area contributed by atoms with E-state index >= 15 is 0 Å². The van der Waals surface area contributed by atoms with Gasteiger partial charge in [-0.1, -0.05) is 0 Å². The van der Waals surface area contributed by atoms with Gasteiger partial charge >= 0.3 is 0 Å². The van der Waals surface area contributed by atoms with Gasteiger partial charge in [0.05, 0.1) is 14.1 Å². The predicted octanol–water partition coefficient (Wildman–Crippen LogP) is -4.70. The van der Waals surface area contributed by atoms with Crippen molar-refractivity contribution in [1.29, 1.82) is 0 Å². The second kappa shape index (κ2) is 3.32. The predicted molar refractivity (Wildman–Crippen MR) is 47.7 cm³/mol. The Bertz CT molecular complexity index is 146. The van der Waals surface area contributed by atoms with Crippen LogP contribution in [0.15, 0.2) is 0 Å². The summed E-state index contributed by atoms with van der Waals surface area (Å²) in [6, 6.07) is 0.998. The highest BCUT2D eigenvalue weighted by Gasteiger charge is 2.39. The maximum Gasteiger partial charge on any atom is 0.186 e. The van der Waals surface area contributed by atoms with Crippen molar-refractivity contribution >= 4 is 0 Å². The van der Waals surface area contributed by atoms with Crippen molar-refractivity contribution in [2.75, 3.05) is 53.4 Å². The van der Waals surface area contributed by atoms with Crippen molar-refractivity contribution in [3.8, 4) is 0 Å². The molecule has 0 radical (unpaired) electrons. The van der Waals surface area contributed by atoms with E-state index in [1.54, 1.807) is 9.80 Å². The third kappa shape index (κ3) is 1.63. The molecule has 2 rings (SSSR count). The molecule has 0 aromatic rings. The lowest BCUT2D eigenvalue weighted by atomic mass is 10.1. The minimum Gasteiger partial charge on any atom is -0.328 e. The highest BCUT2D eigenvalue weighted by Crippen LogP contribution is 1.77. The molecule has 0 bridgehead atoms. The molecule has 0 amide bonds. The molecule has 2 aliphatic heterocycles. The summed E-state index contributed by atoms with van der Waals surface area (Å²) in [6.45, 7) is 8.39. The van der Waals surface area contributed by atoms with E-state index in [2.05, 4.69) is 14.1 Å². The molecular weight excluding hydrogens is 150 g/mol. The van der Waals surface area contributed by atoms with Gasteiger partial charge in [-0.2, -0.15) is 0 Å². The van der Waals surface area contributed by atoms with Crippen LogP contribution in [-0.4, -0.2) is 59.4 Å². The quantitative estimate of drug-likeness (QED) is 0.352. The Morgan fingerprint density at radius 1 is 0.833 bits per heavy atom. The van der Waals surface area contributed by atoms with Crippen molar-refractivity contribution in [2.45, 2.75) is 6.04 Å². The first-order valence-electron chi connectivity index (χ1n) is 5.23. The minimum absolute atomic E-state index is 0.998. The van der Waals surface area contributed by atoms with Crippen LogP contribution in [0.25, 0.3) is 0 Å². The lowest BCUT2D eigenvalue weighted by molar-refractivity contribution is -1.07. The van der Waals surface area contributed by atoms with Crippen LogP contribution >= 0.6 is 0 Å². The minimum atomic E-state index is 0.998. The normalized spacial score (nSPS) is 48.5. The van der Waals surface area contributed by atoms with E-state index in [0.29, 0.717) is 0 Å². The molecule has 0 unspecified atom stereocenters. The average Bonchev–Trinajstić information content (AvgIpc) is 2.01. The fourth-order valence-electron chi connectivity index (χ4n) is 2.48. The molecule has 0 saturated carbocycles. The SMILES string of the molecule is C[NH+]1CC[NH+](C2C[NH+](C)C2)CC1. The highest BCUT2D eigenvalue weighted by molar-refractivity contribution is 4.59. The molecule has 2 fully saturated rings. The molecule has 0 aliphatic carbocycles. The fraction of sp³-hybridized carbons (Fsp3) is 1.00. The number of nitrogens with one attached hydrogen (secondary N) is 3. The summed E-state index contributed by atoms with van der Waals surface area (Å²) in [5.74, 6) is 0. The summed E-state index contributed by atoms with van der Waals surface area (Å²) in [4.78, 5) is 5.32. The van der Waals surface area contributed by atoms with Crippen LogP contribution in [0.5, 0.6) is 0 Å². The molecule has 3 nitrogen and oxygen atoms in total. The zero-order chi connectivity index (χ0) is 8.55. The Morgan fingerprint density at radius 2 is 1.42 bits per heavy atom. The number of rotatable bonds is 1. The van der Waals surface area contributed by atoms with Gasteiger partial charge in [0.15, 0.2) is 6.04 Å². The van der Waals surface area contributed by atoms with E-state index in [9.17, 15) is 0 Å². The largest absolute Gasteiger partial charge is 0.328 e. The van der Waals surface area contributed by atoms with E-state index in [-0.39, 0.29) is 0 Å².